The van der Waals surface area contributed by atoms with Gasteiger partial charge in [-0.1, -0.05) is 32.1 Å². The molecule has 3 unspecified atom stereocenters. The summed E-state index contributed by atoms with van der Waals surface area (Å²) in [4.78, 5) is 4.35. The molecule has 4 nitrogen and oxygen atoms in total. The molecule has 114 valence electrons. The Kier molecular flexibility index (Phi) is 4.81. The molecule has 0 aromatic heterocycles. The molecule has 0 radical (unpaired) electrons. The average molecular weight is 279 g/mol. The smallest absolute Gasteiger partial charge is 0.191 e. The van der Waals surface area contributed by atoms with Crippen molar-refractivity contribution in [2.24, 2.45) is 16.8 Å². The monoisotopic (exact) mass is 279 g/mol. The topological polar surface area (TPSA) is 45.7 Å². The molecule has 0 amide bonds. The van der Waals surface area contributed by atoms with E-state index in [9.17, 15) is 0 Å². The molecule has 1 saturated heterocycles. The van der Waals surface area contributed by atoms with Crippen molar-refractivity contribution in [3.63, 3.8) is 0 Å². The van der Waals surface area contributed by atoms with Crippen LogP contribution >= 0.6 is 0 Å². The highest BCUT2D eigenvalue weighted by Gasteiger charge is 2.43. The summed E-state index contributed by atoms with van der Waals surface area (Å²) in [5.74, 6) is 2.83. The van der Waals surface area contributed by atoms with E-state index in [4.69, 9.17) is 4.74 Å². The third-order valence-corrected chi connectivity index (χ3v) is 5.16. The molecule has 0 bridgehead atoms. The van der Waals surface area contributed by atoms with E-state index in [2.05, 4.69) is 15.6 Å². The van der Waals surface area contributed by atoms with Crippen molar-refractivity contribution in [1.82, 2.24) is 10.6 Å². The molecule has 1 aliphatic heterocycles. The summed E-state index contributed by atoms with van der Waals surface area (Å²) in [5.41, 5.74) is 0. The van der Waals surface area contributed by atoms with Gasteiger partial charge in [-0.05, 0) is 31.1 Å². The predicted molar refractivity (Wildman–Crippen MR) is 81.9 cm³/mol. The first-order valence-electron chi connectivity index (χ1n) is 8.45. The van der Waals surface area contributed by atoms with E-state index in [1.165, 1.54) is 51.4 Å². The second-order valence-electron chi connectivity index (χ2n) is 6.64. The maximum atomic E-state index is 5.64. The number of ether oxygens (including phenoxy) is 1. The third kappa shape index (κ3) is 3.66. The van der Waals surface area contributed by atoms with Crippen molar-refractivity contribution in [2.75, 3.05) is 20.2 Å². The lowest BCUT2D eigenvalue weighted by Crippen LogP contribution is -2.42. The third-order valence-electron chi connectivity index (χ3n) is 5.16. The van der Waals surface area contributed by atoms with Crippen LogP contribution in [0.3, 0.4) is 0 Å². The van der Waals surface area contributed by atoms with Crippen molar-refractivity contribution in [1.29, 1.82) is 0 Å². The van der Waals surface area contributed by atoms with E-state index in [0.29, 0.717) is 12.1 Å². The highest BCUT2D eigenvalue weighted by Crippen LogP contribution is 2.44. The second kappa shape index (κ2) is 6.79. The van der Waals surface area contributed by atoms with Gasteiger partial charge in [0.25, 0.3) is 0 Å². The van der Waals surface area contributed by atoms with E-state index < -0.39 is 0 Å². The molecule has 4 heteroatoms. The number of hydrogen-bond donors (Lipinski definition) is 2. The molecule has 3 rings (SSSR count). The minimum atomic E-state index is 0.377. The number of rotatable bonds is 4. The molecule has 0 spiro atoms. The Bertz CT molecular complexity index is 333. The van der Waals surface area contributed by atoms with Crippen LogP contribution in [0, 0.1) is 11.8 Å². The lowest BCUT2D eigenvalue weighted by Gasteiger charge is -2.22. The van der Waals surface area contributed by atoms with Gasteiger partial charge >= 0.3 is 0 Å². The van der Waals surface area contributed by atoms with Crippen LogP contribution in [-0.2, 0) is 4.74 Å². The van der Waals surface area contributed by atoms with Gasteiger partial charge < -0.3 is 15.4 Å². The van der Waals surface area contributed by atoms with Gasteiger partial charge in [0.1, 0.15) is 0 Å². The predicted octanol–water partition coefficient (Wildman–Crippen LogP) is 2.30. The lowest BCUT2D eigenvalue weighted by atomic mass is 9.85. The van der Waals surface area contributed by atoms with E-state index in [0.717, 1.165) is 30.9 Å². The molecular formula is C16H29N3O. The first-order chi connectivity index (χ1) is 9.86. The quantitative estimate of drug-likeness (QED) is 0.613. The minimum absolute atomic E-state index is 0.377. The van der Waals surface area contributed by atoms with Gasteiger partial charge in [0.2, 0.25) is 0 Å². The molecule has 2 N–H and O–H groups in total. The fourth-order valence-corrected chi connectivity index (χ4v) is 3.85. The lowest BCUT2D eigenvalue weighted by molar-refractivity contribution is 0.113. The molecular weight excluding hydrogens is 250 g/mol. The average Bonchev–Trinajstić information content (AvgIpc) is 3.06. The molecule has 3 aliphatic rings. The molecule has 3 atom stereocenters. The van der Waals surface area contributed by atoms with E-state index in [1.54, 1.807) is 0 Å². The van der Waals surface area contributed by atoms with Crippen LogP contribution in [0.4, 0.5) is 0 Å². The molecule has 0 aromatic rings. The zero-order valence-corrected chi connectivity index (χ0v) is 12.7. The summed E-state index contributed by atoms with van der Waals surface area (Å²) >= 11 is 0. The van der Waals surface area contributed by atoms with Gasteiger partial charge in [-0.3, -0.25) is 4.99 Å². The van der Waals surface area contributed by atoms with E-state index in [-0.39, 0.29) is 0 Å². The SMILES string of the molecule is CN=C(NCC1CCCO1)NC1CC1C1CCCCC1. The summed E-state index contributed by atoms with van der Waals surface area (Å²) < 4.78 is 5.64. The van der Waals surface area contributed by atoms with Gasteiger partial charge in [0.15, 0.2) is 5.96 Å². The highest BCUT2D eigenvalue weighted by molar-refractivity contribution is 5.80. The fraction of sp³-hybridized carbons (Fsp3) is 0.938. The summed E-state index contributed by atoms with van der Waals surface area (Å²) in [7, 11) is 1.86. The Morgan fingerprint density at radius 2 is 2.00 bits per heavy atom. The molecule has 1 heterocycles. The fourth-order valence-electron chi connectivity index (χ4n) is 3.85. The maximum absolute atomic E-state index is 5.64. The standard InChI is InChI=1S/C16H29N3O/c1-17-16(18-11-13-8-5-9-20-13)19-15-10-14(15)12-6-3-2-4-7-12/h12-15H,2-11H2,1H3,(H2,17,18,19). The Hall–Kier alpha value is -0.770. The van der Waals surface area contributed by atoms with Crippen molar-refractivity contribution in [3.8, 4) is 0 Å². The van der Waals surface area contributed by atoms with Crippen LogP contribution in [0.15, 0.2) is 4.99 Å². The maximum Gasteiger partial charge on any atom is 0.191 e. The largest absolute Gasteiger partial charge is 0.376 e. The summed E-state index contributed by atoms with van der Waals surface area (Å²) in [6.07, 6.45) is 11.3. The molecule has 0 aromatic carbocycles. The Morgan fingerprint density at radius 3 is 2.70 bits per heavy atom. The number of nitrogens with zero attached hydrogens (tertiary/aromatic N) is 1. The van der Waals surface area contributed by atoms with E-state index >= 15 is 0 Å². The Labute approximate surface area is 122 Å². The Balaban J connectivity index is 1.38. The first kappa shape index (κ1) is 14.2. The van der Waals surface area contributed by atoms with Gasteiger partial charge in [-0.25, -0.2) is 0 Å². The Morgan fingerprint density at radius 1 is 1.15 bits per heavy atom. The highest BCUT2D eigenvalue weighted by atomic mass is 16.5. The molecule has 3 fully saturated rings. The molecule has 2 saturated carbocycles. The zero-order valence-electron chi connectivity index (χ0n) is 12.7. The van der Waals surface area contributed by atoms with Crippen molar-refractivity contribution >= 4 is 5.96 Å². The molecule has 2 aliphatic carbocycles. The van der Waals surface area contributed by atoms with E-state index in [1.807, 2.05) is 7.05 Å². The van der Waals surface area contributed by atoms with Crippen LogP contribution in [-0.4, -0.2) is 38.3 Å². The normalized spacial score (nSPS) is 35.0. The zero-order chi connectivity index (χ0) is 13.8. The van der Waals surface area contributed by atoms with Gasteiger partial charge in [0, 0.05) is 26.2 Å². The number of guanidine groups is 1. The number of aliphatic imine (C=N–C) groups is 1. The second-order valence-corrected chi connectivity index (χ2v) is 6.64. The van der Waals surface area contributed by atoms with Crippen molar-refractivity contribution < 1.29 is 4.74 Å². The number of hydrogen-bond acceptors (Lipinski definition) is 2. The van der Waals surface area contributed by atoms with Crippen LogP contribution in [0.25, 0.3) is 0 Å². The first-order valence-corrected chi connectivity index (χ1v) is 8.45. The molecule has 20 heavy (non-hydrogen) atoms. The van der Waals surface area contributed by atoms with Gasteiger partial charge in [0.05, 0.1) is 6.10 Å². The van der Waals surface area contributed by atoms with Crippen LogP contribution in [0.2, 0.25) is 0 Å². The minimum Gasteiger partial charge on any atom is -0.376 e. The van der Waals surface area contributed by atoms with Crippen LogP contribution in [0.1, 0.15) is 51.4 Å². The van der Waals surface area contributed by atoms with Crippen LogP contribution in [0.5, 0.6) is 0 Å². The van der Waals surface area contributed by atoms with Gasteiger partial charge in [-0.15, -0.1) is 0 Å². The summed E-state index contributed by atoms with van der Waals surface area (Å²) in [6, 6.07) is 0.661. The summed E-state index contributed by atoms with van der Waals surface area (Å²) in [6.45, 7) is 1.81. The van der Waals surface area contributed by atoms with Crippen molar-refractivity contribution in [2.45, 2.75) is 63.5 Å². The van der Waals surface area contributed by atoms with Gasteiger partial charge in [-0.2, -0.15) is 0 Å². The van der Waals surface area contributed by atoms with Crippen molar-refractivity contribution in [3.05, 3.63) is 0 Å². The number of nitrogens with one attached hydrogen (secondary N) is 2. The van der Waals surface area contributed by atoms with Crippen LogP contribution < -0.4 is 10.6 Å². The summed E-state index contributed by atoms with van der Waals surface area (Å²) in [5, 5.41) is 7.02.